The summed E-state index contributed by atoms with van der Waals surface area (Å²) >= 11 is 0. The number of rotatable bonds is 62. The summed E-state index contributed by atoms with van der Waals surface area (Å²) in [5.41, 5.74) is 0. The minimum atomic E-state index is -4.61. The Labute approximate surface area is 468 Å². The van der Waals surface area contributed by atoms with Crippen molar-refractivity contribution < 1.29 is 32.9 Å². The Morgan fingerprint density at radius 2 is 0.747 bits per heavy atom. The number of aliphatic hydroxyl groups excluding tert-OH is 1. The van der Waals surface area contributed by atoms with E-state index in [1.165, 1.54) is 283 Å². The van der Waals surface area contributed by atoms with Gasteiger partial charge in [-0.25, -0.2) is 0 Å². The average Bonchev–Trinajstić information content (AvgIpc) is 3.37. The molecule has 0 spiro atoms. The molecule has 3 unspecified atom stereocenters. The van der Waals surface area contributed by atoms with Gasteiger partial charge in [0.05, 0.1) is 39.9 Å². The zero-order valence-electron chi connectivity index (χ0n) is 51.0. The Bertz CT molecular complexity index is 1270. The van der Waals surface area contributed by atoms with E-state index in [1.54, 1.807) is 6.08 Å². The fraction of sp³-hybridized carbons (Fsp3) is 0.924. The van der Waals surface area contributed by atoms with Crippen molar-refractivity contribution in [1.29, 1.82) is 0 Å². The number of hydrogen-bond donors (Lipinski definition) is 2. The van der Waals surface area contributed by atoms with E-state index in [1.807, 2.05) is 27.2 Å². The second-order valence-corrected chi connectivity index (χ2v) is 25.6. The summed E-state index contributed by atoms with van der Waals surface area (Å²) in [5.74, 6) is -0.199. The van der Waals surface area contributed by atoms with E-state index >= 15 is 0 Å². The quantitative estimate of drug-likeness (QED) is 0.0272. The van der Waals surface area contributed by atoms with Crippen molar-refractivity contribution in [3.63, 3.8) is 0 Å². The van der Waals surface area contributed by atoms with E-state index in [2.05, 4.69) is 31.3 Å². The molecule has 8 nitrogen and oxygen atoms in total. The fourth-order valence-corrected chi connectivity index (χ4v) is 11.0. The van der Waals surface area contributed by atoms with E-state index in [0.717, 1.165) is 38.5 Å². The number of nitrogens with zero attached hydrogens (tertiary/aromatic N) is 1. The van der Waals surface area contributed by atoms with Crippen LogP contribution in [0.3, 0.4) is 0 Å². The Morgan fingerprint density at radius 3 is 1.08 bits per heavy atom. The molecule has 446 valence electrons. The van der Waals surface area contributed by atoms with Gasteiger partial charge in [0.1, 0.15) is 13.2 Å². The van der Waals surface area contributed by atoms with E-state index < -0.39 is 20.0 Å². The summed E-state index contributed by atoms with van der Waals surface area (Å²) in [6.07, 6.45) is 74.4. The van der Waals surface area contributed by atoms with E-state index in [4.69, 9.17) is 9.05 Å². The van der Waals surface area contributed by atoms with E-state index in [-0.39, 0.29) is 19.1 Å². The van der Waals surface area contributed by atoms with Gasteiger partial charge in [-0.1, -0.05) is 327 Å². The average molecular weight is 1080 g/mol. The van der Waals surface area contributed by atoms with Gasteiger partial charge in [0.2, 0.25) is 5.91 Å². The molecule has 0 aromatic heterocycles. The van der Waals surface area contributed by atoms with Crippen LogP contribution in [0.2, 0.25) is 0 Å². The van der Waals surface area contributed by atoms with Crippen molar-refractivity contribution in [2.75, 3.05) is 40.9 Å². The van der Waals surface area contributed by atoms with Crippen LogP contribution in [0, 0.1) is 0 Å². The zero-order chi connectivity index (χ0) is 54.9. The fourth-order valence-electron chi connectivity index (χ4n) is 10.2. The number of likely N-dealkylation sites (N-methyl/N-ethyl adjacent to an activating group) is 1. The number of nitrogens with one attached hydrogen (secondary N) is 1. The molecule has 0 fully saturated rings. The van der Waals surface area contributed by atoms with Crippen LogP contribution in [0.25, 0.3) is 0 Å². The molecule has 0 aliphatic heterocycles. The molecule has 3 atom stereocenters. The van der Waals surface area contributed by atoms with Crippen molar-refractivity contribution in [2.45, 2.75) is 353 Å². The molecule has 0 saturated carbocycles. The molecule has 0 aliphatic rings. The number of carbonyl (C=O) groups excluding carboxylic acids is 1. The van der Waals surface area contributed by atoms with Crippen molar-refractivity contribution in [1.82, 2.24) is 5.32 Å². The largest absolute Gasteiger partial charge is 0.756 e. The van der Waals surface area contributed by atoms with Gasteiger partial charge in [-0.3, -0.25) is 9.36 Å². The van der Waals surface area contributed by atoms with E-state index in [9.17, 15) is 19.4 Å². The molecule has 0 radical (unpaired) electrons. The third-order valence-corrected chi connectivity index (χ3v) is 16.4. The normalized spacial score (nSPS) is 13.9. The number of unbranched alkanes of at least 4 members (excludes halogenated alkanes) is 47. The Morgan fingerprint density at radius 1 is 0.453 bits per heavy atom. The Kier molecular flexibility index (Phi) is 56.9. The summed E-state index contributed by atoms with van der Waals surface area (Å²) < 4.78 is 23.4. The van der Waals surface area contributed by atoms with Gasteiger partial charge in [0, 0.05) is 6.42 Å². The third-order valence-electron chi connectivity index (χ3n) is 15.4. The van der Waals surface area contributed by atoms with Crippen LogP contribution >= 0.6 is 7.82 Å². The number of carbonyl (C=O) groups is 1. The molecule has 75 heavy (non-hydrogen) atoms. The molecule has 0 aromatic carbocycles. The maximum Gasteiger partial charge on any atom is 0.268 e. The molecule has 0 aliphatic carbocycles. The van der Waals surface area contributed by atoms with Gasteiger partial charge in [-0.05, 0) is 32.1 Å². The Balaban J connectivity index is 4.03. The van der Waals surface area contributed by atoms with Crippen LogP contribution < -0.4 is 10.2 Å². The standard InChI is InChI=1S/C66H131N2O6P/c1-6-8-10-12-14-16-18-20-22-24-26-28-29-30-31-32-33-34-35-36-37-38-39-40-42-44-46-48-50-52-54-56-58-60-66(70)67-64(63-74-75(71,72)73-62-61-68(3,4)5)65(69)59-57-55-53-51-49-47-45-43-41-27-25-23-21-19-17-15-13-11-9-7-2/h49,51,57,59,64-65,69H,6-48,50,52-56,58,60-63H2,1-5H3,(H-,67,70,71,72)/b51-49+,59-57+. The highest BCUT2D eigenvalue weighted by Gasteiger charge is 2.23. The van der Waals surface area contributed by atoms with Gasteiger partial charge in [0.25, 0.3) is 7.82 Å². The molecule has 0 bridgehead atoms. The van der Waals surface area contributed by atoms with Crippen LogP contribution in [-0.4, -0.2) is 68.5 Å². The number of phosphoric ester groups is 1. The van der Waals surface area contributed by atoms with Crippen molar-refractivity contribution in [3.8, 4) is 0 Å². The smallest absolute Gasteiger partial charge is 0.268 e. The first-order chi connectivity index (χ1) is 36.5. The molecular weight excluding hydrogens is 948 g/mol. The SMILES string of the molecule is CCCCCCCCCCCCCCCC/C=C/CC/C=C/C(O)C(COP(=O)([O-])OCC[N+](C)(C)C)NC(=O)CCCCCCCCCCCCCCCCCCCCCCCCCCCCCCCCCCC. The predicted octanol–water partition coefficient (Wildman–Crippen LogP) is 20.1. The number of allylic oxidation sites excluding steroid dienone is 3. The second kappa shape index (κ2) is 57.7. The summed E-state index contributed by atoms with van der Waals surface area (Å²) in [5, 5.41) is 13.9. The number of aliphatic hydroxyl groups is 1. The molecule has 9 heteroatoms. The minimum absolute atomic E-state index is 0.00357. The van der Waals surface area contributed by atoms with E-state index in [0.29, 0.717) is 17.4 Å². The Hall–Kier alpha value is -1.02. The minimum Gasteiger partial charge on any atom is -0.756 e. The summed E-state index contributed by atoms with van der Waals surface area (Å²) in [6.45, 7) is 4.69. The van der Waals surface area contributed by atoms with Crippen LogP contribution in [-0.2, 0) is 18.4 Å². The van der Waals surface area contributed by atoms with Crippen molar-refractivity contribution in [2.24, 2.45) is 0 Å². The summed E-state index contributed by atoms with van der Waals surface area (Å²) in [6, 6.07) is -0.901. The van der Waals surface area contributed by atoms with Crippen LogP contribution in [0.5, 0.6) is 0 Å². The number of quaternary nitrogens is 1. The molecule has 1 amide bonds. The second-order valence-electron chi connectivity index (χ2n) is 24.2. The van der Waals surface area contributed by atoms with Gasteiger partial charge < -0.3 is 28.8 Å². The maximum absolute atomic E-state index is 13.0. The topological polar surface area (TPSA) is 108 Å². The molecule has 0 aromatic rings. The lowest BCUT2D eigenvalue weighted by molar-refractivity contribution is -0.870. The zero-order valence-corrected chi connectivity index (χ0v) is 51.9. The highest BCUT2D eigenvalue weighted by Crippen LogP contribution is 2.38. The maximum atomic E-state index is 13.0. The number of amides is 1. The van der Waals surface area contributed by atoms with Crippen LogP contribution in [0.1, 0.15) is 341 Å². The molecule has 0 heterocycles. The summed E-state index contributed by atoms with van der Waals surface area (Å²) in [7, 11) is 1.26. The first kappa shape index (κ1) is 74.0. The monoisotopic (exact) mass is 1080 g/mol. The lowest BCUT2D eigenvalue weighted by Gasteiger charge is -2.29. The highest BCUT2D eigenvalue weighted by atomic mass is 31.2. The first-order valence-corrected chi connectivity index (χ1v) is 34.7. The van der Waals surface area contributed by atoms with Crippen molar-refractivity contribution >= 4 is 13.7 Å². The number of phosphoric acid groups is 1. The van der Waals surface area contributed by atoms with Gasteiger partial charge in [-0.15, -0.1) is 0 Å². The first-order valence-electron chi connectivity index (χ1n) is 33.2. The van der Waals surface area contributed by atoms with Crippen LogP contribution in [0.15, 0.2) is 24.3 Å². The number of hydrogen-bond acceptors (Lipinski definition) is 6. The third kappa shape index (κ3) is 60.5. The molecule has 2 N–H and O–H groups in total. The lowest BCUT2D eigenvalue weighted by atomic mass is 10.0. The predicted molar refractivity (Wildman–Crippen MR) is 325 cm³/mol. The molecule has 0 saturated heterocycles. The van der Waals surface area contributed by atoms with Crippen molar-refractivity contribution in [3.05, 3.63) is 24.3 Å². The molecule has 0 rings (SSSR count). The highest BCUT2D eigenvalue weighted by molar-refractivity contribution is 7.45. The summed E-state index contributed by atoms with van der Waals surface area (Å²) in [4.78, 5) is 25.6. The lowest BCUT2D eigenvalue weighted by Crippen LogP contribution is -2.45. The van der Waals surface area contributed by atoms with Gasteiger partial charge >= 0.3 is 0 Å². The molecular formula is C66H131N2O6P. The van der Waals surface area contributed by atoms with Gasteiger partial charge in [0.15, 0.2) is 0 Å². The van der Waals surface area contributed by atoms with Crippen LogP contribution in [0.4, 0.5) is 0 Å². The van der Waals surface area contributed by atoms with Gasteiger partial charge in [-0.2, -0.15) is 0 Å².